The van der Waals surface area contributed by atoms with Gasteiger partial charge in [0.2, 0.25) is 0 Å². The second-order valence-electron chi connectivity index (χ2n) is 3.26. The average Bonchev–Trinajstić information content (AvgIpc) is 2.30. The summed E-state index contributed by atoms with van der Waals surface area (Å²) in [6, 6.07) is 6.16. The molecule has 76 valence electrons. The van der Waals surface area contributed by atoms with Crippen LogP contribution < -0.4 is 4.90 Å². The van der Waals surface area contributed by atoms with E-state index in [9.17, 15) is 0 Å². The van der Waals surface area contributed by atoms with Gasteiger partial charge in [0.25, 0.3) is 0 Å². The first-order valence-electron chi connectivity index (χ1n) is 4.73. The first kappa shape index (κ1) is 9.74. The molecule has 3 nitrogen and oxygen atoms in total. The van der Waals surface area contributed by atoms with Gasteiger partial charge in [0.15, 0.2) is 0 Å². The molecule has 1 aliphatic heterocycles. The summed E-state index contributed by atoms with van der Waals surface area (Å²) >= 11 is 5.88. The molecule has 1 atom stereocenters. The van der Waals surface area contributed by atoms with Crippen molar-refractivity contribution in [2.45, 2.75) is 6.04 Å². The number of hydrogen-bond acceptors (Lipinski definition) is 3. The molecule has 1 aromatic heterocycles. The van der Waals surface area contributed by atoms with Crippen molar-refractivity contribution in [1.29, 1.82) is 0 Å². The molecule has 0 saturated carbocycles. The molecule has 0 spiro atoms. The first-order valence-corrected chi connectivity index (χ1v) is 5.26. The molecule has 1 fully saturated rings. The highest BCUT2D eigenvalue weighted by Crippen LogP contribution is 2.17. The zero-order valence-corrected chi connectivity index (χ0v) is 8.65. The number of halogens is 1. The van der Waals surface area contributed by atoms with Crippen LogP contribution in [0.1, 0.15) is 0 Å². The van der Waals surface area contributed by atoms with Gasteiger partial charge in [-0.15, -0.1) is 11.6 Å². The van der Waals surface area contributed by atoms with Gasteiger partial charge < -0.3 is 9.64 Å². The molecule has 2 rings (SSSR count). The van der Waals surface area contributed by atoms with Crippen molar-refractivity contribution in [1.82, 2.24) is 4.98 Å². The molecule has 0 radical (unpaired) electrons. The highest BCUT2D eigenvalue weighted by molar-refractivity contribution is 6.18. The molecule has 0 bridgehead atoms. The Bertz CT molecular complexity index is 281. The normalized spacial score (nSPS) is 22.4. The Balaban J connectivity index is 2.15. The summed E-state index contributed by atoms with van der Waals surface area (Å²) in [5.41, 5.74) is 0. The number of ether oxygens (including phenoxy) is 1. The van der Waals surface area contributed by atoms with Gasteiger partial charge in [0.05, 0.1) is 19.3 Å². The van der Waals surface area contributed by atoms with Crippen LogP contribution in [0.2, 0.25) is 0 Å². The van der Waals surface area contributed by atoms with E-state index < -0.39 is 0 Å². The Morgan fingerprint density at radius 2 is 2.50 bits per heavy atom. The van der Waals surface area contributed by atoms with E-state index in [2.05, 4.69) is 9.88 Å². The lowest BCUT2D eigenvalue weighted by atomic mass is 10.2. The number of anilines is 1. The summed E-state index contributed by atoms with van der Waals surface area (Å²) in [7, 11) is 0. The van der Waals surface area contributed by atoms with Gasteiger partial charge in [-0.2, -0.15) is 0 Å². The third-order valence-electron chi connectivity index (χ3n) is 2.35. The van der Waals surface area contributed by atoms with E-state index in [1.807, 2.05) is 18.2 Å². The zero-order chi connectivity index (χ0) is 9.80. The Hall–Kier alpha value is -0.800. The summed E-state index contributed by atoms with van der Waals surface area (Å²) < 4.78 is 5.37. The third-order valence-corrected chi connectivity index (χ3v) is 2.71. The minimum atomic E-state index is 0.250. The van der Waals surface area contributed by atoms with Gasteiger partial charge >= 0.3 is 0 Å². The van der Waals surface area contributed by atoms with Gasteiger partial charge in [-0.25, -0.2) is 4.98 Å². The van der Waals surface area contributed by atoms with E-state index >= 15 is 0 Å². The number of hydrogen-bond donors (Lipinski definition) is 0. The van der Waals surface area contributed by atoms with Gasteiger partial charge in [-0.1, -0.05) is 6.07 Å². The average molecular weight is 213 g/mol. The van der Waals surface area contributed by atoms with E-state index in [0.29, 0.717) is 12.5 Å². The molecular weight excluding hydrogens is 200 g/mol. The highest BCUT2D eigenvalue weighted by Gasteiger charge is 2.22. The van der Waals surface area contributed by atoms with E-state index in [1.165, 1.54) is 0 Å². The van der Waals surface area contributed by atoms with Crippen LogP contribution in [-0.4, -0.2) is 36.7 Å². The van der Waals surface area contributed by atoms with Gasteiger partial charge in [0, 0.05) is 18.6 Å². The van der Waals surface area contributed by atoms with Gasteiger partial charge in [0.1, 0.15) is 5.82 Å². The second-order valence-corrected chi connectivity index (χ2v) is 3.57. The van der Waals surface area contributed by atoms with E-state index in [0.717, 1.165) is 19.0 Å². The van der Waals surface area contributed by atoms with Crippen molar-refractivity contribution in [3.05, 3.63) is 24.4 Å². The zero-order valence-electron chi connectivity index (χ0n) is 7.90. The molecule has 14 heavy (non-hydrogen) atoms. The van der Waals surface area contributed by atoms with E-state index in [1.54, 1.807) is 6.20 Å². The van der Waals surface area contributed by atoms with Crippen molar-refractivity contribution in [2.24, 2.45) is 0 Å². The maximum absolute atomic E-state index is 5.88. The van der Waals surface area contributed by atoms with Crippen LogP contribution in [0, 0.1) is 0 Å². The third kappa shape index (κ3) is 1.99. The molecule has 0 aliphatic carbocycles. The highest BCUT2D eigenvalue weighted by atomic mass is 35.5. The van der Waals surface area contributed by atoms with Crippen molar-refractivity contribution >= 4 is 17.4 Å². The Labute approximate surface area is 88.6 Å². The molecule has 1 unspecified atom stereocenters. The lowest BCUT2D eigenvalue weighted by Crippen LogP contribution is -2.47. The van der Waals surface area contributed by atoms with Crippen LogP contribution >= 0.6 is 11.6 Å². The molecule has 0 N–H and O–H groups in total. The SMILES string of the molecule is ClCC1COCCN1c1ccccn1. The van der Waals surface area contributed by atoms with Crippen LogP contribution in [0.25, 0.3) is 0 Å². The number of alkyl halides is 1. The fourth-order valence-electron chi connectivity index (χ4n) is 1.61. The molecular formula is C10H13ClN2O. The molecule has 1 saturated heterocycles. The number of pyridine rings is 1. The maximum Gasteiger partial charge on any atom is 0.128 e. The largest absolute Gasteiger partial charge is 0.377 e. The van der Waals surface area contributed by atoms with E-state index in [4.69, 9.17) is 16.3 Å². The van der Waals surface area contributed by atoms with Gasteiger partial charge in [-0.3, -0.25) is 0 Å². The summed E-state index contributed by atoms with van der Waals surface area (Å²) in [5, 5.41) is 0. The van der Waals surface area contributed by atoms with Crippen molar-refractivity contribution < 1.29 is 4.74 Å². The van der Waals surface area contributed by atoms with Crippen molar-refractivity contribution in [3.63, 3.8) is 0 Å². The van der Waals surface area contributed by atoms with E-state index in [-0.39, 0.29) is 6.04 Å². The summed E-state index contributed by atoms with van der Waals surface area (Å²) in [6.07, 6.45) is 1.80. The second kappa shape index (κ2) is 4.62. The Kier molecular flexibility index (Phi) is 3.22. The smallest absolute Gasteiger partial charge is 0.128 e. The molecule has 0 amide bonds. The minimum Gasteiger partial charge on any atom is -0.377 e. The number of rotatable bonds is 2. The lowest BCUT2D eigenvalue weighted by Gasteiger charge is -2.35. The van der Waals surface area contributed by atoms with Crippen molar-refractivity contribution in [3.8, 4) is 0 Å². The quantitative estimate of drug-likeness (QED) is 0.696. The summed E-state index contributed by atoms with van der Waals surface area (Å²) in [6.45, 7) is 2.32. The van der Waals surface area contributed by atoms with Gasteiger partial charge in [-0.05, 0) is 12.1 Å². The molecule has 1 aromatic rings. The van der Waals surface area contributed by atoms with Crippen molar-refractivity contribution in [2.75, 3.05) is 30.5 Å². The van der Waals surface area contributed by atoms with Crippen LogP contribution in [-0.2, 0) is 4.74 Å². The minimum absolute atomic E-state index is 0.250. The predicted molar refractivity (Wildman–Crippen MR) is 56.9 cm³/mol. The fraction of sp³-hybridized carbons (Fsp3) is 0.500. The first-order chi connectivity index (χ1) is 6.92. The van der Waals surface area contributed by atoms with Crippen LogP contribution in [0.5, 0.6) is 0 Å². The van der Waals surface area contributed by atoms with Crippen LogP contribution in [0.15, 0.2) is 24.4 Å². The standard InChI is InChI=1S/C10H13ClN2O/c11-7-9-8-14-6-5-13(9)10-3-1-2-4-12-10/h1-4,9H,5-8H2. The Morgan fingerprint density at radius 3 is 3.21 bits per heavy atom. The fourth-order valence-corrected chi connectivity index (χ4v) is 1.86. The summed E-state index contributed by atoms with van der Waals surface area (Å²) in [5.74, 6) is 1.57. The van der Waals surface area contributed by atoms with Crippen LogP contribution in [0.3, 0.4) is 0 Å². The predicted octanol–water partition coefficient (Wildman–Crippen LogP) is 1.53. The topological polar surface area (TPSA) is 25.4 Å². The molecule has 1 aliphatic rings. The number of morpholine rings is 1. The maximum atomic E-state index is 5.88. The number of nitrogens with zero attached hydrogens (tertiary/aromatic N) is 2. The number of aromatic nitrogens is 1. The Morgan fingerprint density at radius 1 is 1.57 bits per heavy atom. The molecule has 2 heterocycles. The lowest BCUT2D eigenvalue weighted by molar-refractivity contribution is 0.0994. The molecule has 0 aromatic carbocycles. The molecule has 4 heteroatoms. The van der Waals surface area contributed by atoms with Crippen LogP contribution in [0.4, 0.5) is 5.82 Å². The monoisotopic (exact) mass is 212 g/mol. The summed E-state index contributed by atoms with van der Waals surface area (Å²) in [4.78, 5) is 6.52.